The molecule has 0 N–H and O–H groups in total. The summed E-state index contributed by atoms with van der Waals surface area (Å²) in [5.74, 6) is 0.649. The van der Waals surface area contributed by atoms with Gasteiger partial charge in [-0.1, -0.05) is 17.7 Å². The Morgan fingerprint density at radius 2 is 1.41 bits per heavy atom. The standard InChI is InChI=1S/C22H30N4O3/c1-15(2)25-19(14-20(27)26(16(3)4)22(25)29)23-10-12-24(13-11-23)21(28)18-8-6-17(5)7-9-18/h6-9,14-16H,10-13H2,1-5H3. The third-order valence-electron chi connectivity index (χ3n) is 5.37. The minimum Gasteiger partial charge on any atom is -0.354 e. The van der Waals surface area contributed by atoms with Gasteiger partial charge in [0.1, 0.15) is 5.82 Å². The summed E-state index contributed by atoms with van der Waals surface area (Å²) in [6.07, 6.45) is 0. The zero-order valence-electron chi connectivity index (χ0n) is 17.9. The first-order valence-electron chi connectivity index (χ1n) is 10.2. The molecule has 7 heteroatoms. The molecule has 1 aliphatic rings. The number of nitrogens with zero attached hydrogens (tertiary/aromatic N) is 4. The topological polar surface area (TPSA) is 67.6 Å². The van der Waals surface area contributed by atoms with E-state index in [0.717, 1.165) is 5.56 Å². The van der Waals surface area contributed by atoms with Gasteiger partial charge in [0.05, 0.1) is 0 Å². The van der Waals surface area contributed by atoms with E-state index >= 15 is 0 Å². The van der Waals surface area contributed by atoms with Crippen LogP contribution in [0.3, 0.4) is 0 Å². The molecular weight excluding hydrogens is 368 g/mol. The van der Waals surface area contributed by atoms with Crippen molar-refractivity contribution < 1.29 is 4.79 Å². The molecule has 1 aromatic heterocycles. The summed E-state index contributed by atoms with van der Waals surface area (Å²) < 4.78 is 2.97. The maximum absolute atomic E-state index is 13.0. The van der Waals surface area contributed by atoms with Crippen molar-refractivity contribution in [2.24, 2.45) is 0 Å². The maximum Gasteiger partial charge on any atom is 0.333 e. The fraction of sp³-hybridized carbons (Fsp3) is 0.500. The highest BCUT2D eigenvalue weighted by Crippen LogP contribution is 2.19. The second kappa shape index (κ2) is 8.27. The number of carbonyl (C=O) groups excluding carboxylic acids is 1. The van der Waals surface area contributed by atoms with Gasteiger partial charge in [-0.25, -0.2) is 4.79 Å². The number of rotatable bonds is 4. The molecule has 0 bridgehead atoms. The second-order valence-electron chi connectivity index (χ2n) is 8.20. The van der Waals surface area contributed by atoms with Gasteiger partial charge in [-0.05, 0) is 46.8 Å². The molecule has 0 unspecified atom stereocenters. The number of amides is 1. The van der Waals surface area contributed by atoms with Crippen LogP contribution in [0.2, 0.25) is 0 Å². The molecule has 7 nitrogen and oxygen atoms in total. The van der Waals surface area contributed by atoms with E-state index in [2.05, 4.69) is 0 Å². The van der Waals surface area contributed by atoms with Gasteiger partial charge in [0, 0.05) is 49.9 Å². The Balaban J connectivity index is 1.84. The molecule has 1 aliphatic heterocycles. The summed E-state index contributed by atoms with van der Waals surface area (Å²) in [4.78, 5) is 42.1. The summed E-state index contributed by atoms with van der Waals surface area (Å²) in [6, 6.07) is 8.87. The zero-order valence-corrected chi connectivity index (χ0v) is 17.9. The molecule has 0 saturated carbocycles. The highest BCUT2D eigenvalue weighted by Gasteiger charge is 2.26. The van der Waals surface area contributed by atoms with Crippen LogP contribution in [0.25, 0.3) is 0 Å². The van der Waals surface area contributed by atoms with Gasteiger partial charge < -0.3 is 9.80 Å². The van der Waals surface area contributed by atoms with E-state index in [4.69, 9.17) is 0 Å². The molecule has 156 valence electrons. The van der Waals surface area contributed by atoms with Crippen LogP contribution >= 0.6 is 0 Å². The van der Waals surface area contributed by atoms with Crippen LogP contribution in [0, 0.1) is 6.92 Å². The van der Waals surface area contributed by atoms with Gasteiger partial charge in [0.15, 0.2) is 0 Å². The molecule has 2 heterocycles. The van der Waals surface area contributed by atoms with Crippen molar-refractivity contribution in [3.05, 3.63) is 62.3 Å². The SMILES string of the molecule is Cc1ccc(C(=O)N2CCN(c3cc(=O)n(C(C)C)c(=O)n3C(C)C)CC2)cc1. The lowest BCUT2D eigenvalue weighted by Crippen LogP contribution is -2.51. The largest absolute Gasteiger partial charge is 0.354 e. The van der Waals surface area contributed by atoms with Crippen LogP contribution in [-0.2, 0) is 0 Å². The van der Waals surface area contributed by atoms with Crippen molar-refractivity contribution in [3.63, 3.8) is 0 Å². The van der Waals surface area contributed by atoms with Gasteiger partial charge >= 0.3 is 5.69 Å². The molecule has 3 rings (SSSR count). The van der Waals surface area contributed by atoms with Crippen molar-refractivity contribution in [1.82, 2.24) is 14.0 Å². The Morgan fingerprint density at radius 3 is 1.93 bits per heavy atom. The number of hydrogen-bond acceptors (Lipinski definition) is 4. The molecule has 0 atom stereocenters. The molecule has 0 aliphatic carbocycles. The van der Waals surface area contributed by atoms with E-state index in [-0.39, 0.29) is 29.2 Å². The van der Waals surface area contributed by atoms with Crippen LogP contribution in [0.15, 0.2) is 39.9 Å². The third-order valence-corrected chi connectivity index (χ3v) is 5.37. The summed E-state index contributed by atoms with van der Waals surface area (Å²) in [5.41, 5.74) is 1.24. The summed E-state index contributed by atoms with van der Waals surface area (Å²) in [7, 11) is 0. The summed E-state index contributed by atoms with van der Waals surface area (Å²) >= 11 is 0. The van der Waals surface area contributed by atoms with E-state index < -0.39 is 0 Å². The molecule has 2 aromatic rings. The molecule has 0 radical (unpaired) electrons. The summed E-state index contributed by atoms with van der Waals surface area (Å²) in [6.45, 7) is 11.8. The van der Waals surface area contributed by atoms with Crippen molar-refractivity contribution in [1.29, 1.82) is 0 Å². The first-order valence-corrected chi connectivity index (χ1v) is 10.2. The molecule has 0 spiro atoms. The van der Waals surface area contributed by atoms with E-state index in [1.54, 1.807) is 10.6 Å². The van der Waals surface area contributed by atoms with Crippen LogP contribution in [0.1, 0.15) is 55.7 Å². The van der Waals surface area contributed by atoms with Gasteiger partial charge in [0.25, 0.3) is 11.5 Å². The molecule has 1 fully saturated rings. The lowest BCUT2D eigenvalue weighted by Gasteiger charge is -2.37. The van der Waals surface area contributed by atoms with E-state index in [0.29, 0.717) is 37.6 Å². The predicted octanol–water partition coefficient (Wildman–Crippen LogP) is 2.44. The summed E-state index contributed by atoms with van der Waals surface area (Å²) in [5, 5.41) is 0. The fourth-order valence-corrected chi connectivity index (χ4v) is 3.78. The quantitative estimate of drug-likeness (QED) is 0.793. The van der Waals surface area contributed by atoms with Gasteiger partial charge in [0.2, 0.25) is 0 Å². The van der Waals surface area contributed by atoms with Crippen molar-refractivity contribution in [3.8, 4) is 0 Å². The van der Waals surface area contributed by atoms with Crippen LogP contribution in [-0.4, -0.2) is 46.1 Å². The smallest absolute Gasteiger partial charge is 0.333 e. The van der Waals surface area contributed by atoms with Gasteiger partial charge in [-0.2, -0.15) is 0 Å². The number of piperazine rings is 1. The number of aryl methyl sites for hydroxylation is 1. The number of anilines is 1. The van der Waals surface area contributed by atoms with Crippen molar-refractivity contribution in [2.45, 2.75) is 46.7 Å². The Kier molecular flexibility index (Phi) is 5.96. The second-order valence-corrected chi connectivity index (χ2v) is 8.20. The lowest BCUT2D eigenvalue weighted by atomic mass is 10.1. The number of benzene rings is 1. The Hall–Kier alpha value is -2.83. The molecule has 29 heavy (non-hydrogen) atoms. The molecular formula is C22H30N4O3. The first-order chi connectivity index (χ1) is 13.7. The van der Waals surface area contributed by atoms with Gasteiger partial charge in [-0.15, -0.1) is 0 Å². The molecule has 1 saturated heterocycles. The zero-order chi connectivity index (χ0) is 21.3. The van der Waals surface area contributed by atoms with Crippen LogP contribution < -0.4 is 16.1 Å². The maximum atomic E-state index is 13.0. The molecule has 1 amide bonds. The highest BCUT2D eigenvalue weighted by atomic mass is 16.2. The predicted molar refractivity (Wildman–Crippen MR) is 115 cm³/mol. The Labute approximate surface area is 171 Å². The minimum atomic E-state index is -0.282. The Bertz CT molecular complexity index is 994. The number of carbonyl (C=O) groups is 1. The van der Waals surface area contributed by atoms with Crippen molar-refractivity contribution >= 4 is 11.7 Å². The van der Waals surface area contributed by atoms with Gasteiger partial charge in [-0.3, -0.25) is 18.7 Å². The fourth-order valence-electron chi connectivity index (χ4n) is 3.78. The van der Waals surface area contributed by atoms with E-state index in [1.807, 2.05) is 68.7 Å². The highest BCUT2D eigenvalue weighted by molar-refractivity contribution is 5.94. The van der Waals surface area contributed by atoms with Crippen LogP contribution in [0.4, 0.5) is 5.82 Å². The third kappa shape index (κ3) is 4.13. The first kappa shape index (κ1) is 20.9. The Morgan fingerprint density at radius 1 is 0.862 bits per heavy atom. The molecule has 1 aromatic carbocycles. The number of hydrogen-bond donors (Lipinski definition) is 0. The van der Waals surface area contributed by atoms with Crippen LogP contribution in [0.5, 0.6) is 0 Å². The average Bonchev–Trinajstić information content (AvgIpc) is 2.67. The minimum absolute atomic E-state index is 0.0149. The monoisotopic (exact) mass is 398 g/mol. The van der Waals surface area contributed by atoms with E-state index in [9.17, 15) is 14.4 Å². The average molecular weight is 399 g/mol. The number of aromatic nitrogens is 2. The van der Waals surface area contributed by atoms with E-state index in [1.165, 1.54) is 4.57 Å². The van der Waals surface area contributed by atoms with Crippen molar-refractivity contribution in [2.75, 3.05) is 31.1 Å². The normalized spacial score (nSPS) is 14.7. The lowest BCUT2D eigenvalue weighted by molar-refractivity contribution is 0.0746.